The highest BCUT2D eigenvalue weighted by molar-refractivity contribution is 6.32. The zero-order valence-corrected chi connectivity index (χ0v) is 82.1. The summed E-state index contributed by atoms with van der Waals surface area (Å²) in [4.78, 5) is 70.6. The second kappa shape index (κ2) is 45.0. The summed E-state index contributed by atoms with van der Waals surface area (Å²) in [6.07, 6.45) is 22.1. The van der Waals surface area contributed by atoms with Gasteiger partial charge in [0, 0.05) is 286 Å². The summed E-state index contributed by atoms with van der Waals surface area (Å²) < 4.78 is 69.6. The molecule has 2 amide bonds. The van der Waals surface area contributed by atoms with E-state index in [1.807, 2.05) is 173 Å². The first-order valence-corrected chi connectivity index (χ1v) is 46.4. The summed E-state index contributed by atoms with van der Waals surface area (Å²) >= 11 is 24.8. The molecule has 12 heterocycles. The lowest BCUT2D eigenvalue weighted by atomic mass is 10.1. The molecule has 0 aliphatic rings. The van der Waals surface area contributed by atoms with E-state index >= 15 is 8.78 Å². The lowest BCUT2D eigenvalue weighted by Gasteiger charge is -2.15. The Hall–Kier alpha value is -13.1. The maximum Gasteiger partial charge on any atom is 0.274 e. The van der Waals surface area contributed by atoms with E-state index in [1.54, 1.807) is 97.4 Å². The van der Waals surface area contributed by atoms with Crippen molar-refractivity contribution >= 4 is 92.4 Å². The fraction of sp³-hybridized carbons (Fsp3) is 0.327. The standard InChI is InChI=1S/C26H30ClN5O2.C25H28ClFN6O2.C25H27ClFN5O2.C25H28ClN5O2/c1-6-7-20-15-28-24-11-8-18(16-32(20)24)22-10-9-19(27)14-23(22)34-13-12-21-17(2)31(5)29-25(21)26(33)30(3)4;1-15-18(23(30-32(15)4)25(34)31(2)3)10-12-35-24-19(6-7-20(26)22(24)27)16-5-8-21-29-13-17(9-11-28)33(21)14-16;1-4-21(33)24-18(15(2)31(3)30-24)10-12-34-25-19(6-7-20(26)23(25)27)16-5-8-22-29-13-17(9-11-28)32(22)14-16;1-4-22(32)25-20(16(2)30(3)29-25)10-12-33-23-13-18(26)6-7-21(23)17-5-8-24-28-14-19(9-11-27)31(24)15-17/h8-11,14-16H,6-7,12-13H2,1-5H3;5-8,13-14H,9-12,28H2,1-4H3;5-8,13-14H,4,9-12,28H2,1-3H3;5-8,13-15H,4,9-12,27H2,1-3H3. The van der Waals surface area contributed by atoms with Crippen molar-refractivity contribution in [3.8, 4) is 67.5 Å². The SMILES string of the molecule is CCC(=O)c1nn(C)c(C)c1CCOc1c(-c2ccc3ncc(CCN)n3c2)ccc(Cl)c1F.CCC(=O)c1nn(C)c(C)c1CCOc1cc(Cl)ccc1-c1ccc2ncc(CCN)n2c1.CCCc1cnc2ccc(-c3ccc(Cl)cc3OCCc3c(C(=O)N(C)C)nn(C)c3C)cn12.Cc1c(CCOc2c(-c3ccc4ncc(CCN)n4c3)ccc(Cl)c2F)c(C(=O)N(C)C)nn1C. The summed E-state index contributed by atoms with van der Waals surface area (Å²) in [5, 5.41) is 18.7. The third kappa shape index (κ3) is 22.3. The van der Waals surface area contributed by atoms with Gasteiger partial charge in [-0.05, 0) is 163 Å². The molecule has 0 spiro atoms. The molecule has 0 radical (unpaired) electrons. The third-order valence-corrected chi connectivity index (χ3v) is 25.0. The number of aromatic nitrogens is 16. The first-order valence-electron chi connectivity index (χ1n) is 44.9. The highest BCUT2D eigenvalue weighted by Gasteiger charge is 2.28. The quantitative estimate of drug-likeness (QED) is 0.0315. The molecule has 0 aliphatic carbocycles. The number of imidazole rings is 4. The molecule has 0 atom stereocenters. The van der Waals surface area contributed by atoms with Crippen molar-refractivity contribution in [2.24, 2.45) is 45.4 Å². The number of benzene rings is 4. The van der Waals surface area contributed by atoms with E-state index in [-0.39, 0.29) is 58.1 Å². The van der Waals surface area contributed by atoms with Crippen molar-refractivity contribution in [3.05, 3.63) is 281 Å². The molecule has 0 saturated carbocycles. The number of nitrogens with two attached hydrogens (primary N) is 3. The van der Waals surface area contributed by atoms with Gasteiger partial charge in [0.15, 0.2) is 46.1 Å². The maximum atomic E-state index is 15.2. The van der Waals surface area contributed by atoms with Crippen LogP contribution < -0.4 is 36.1 Å². The van der Waals surface area contributed by atoms with Gasteiger partial charge in [0.1, 0.15) is 45.5 Å². The Labute approximate surface area is 808 Å². The van der Waals surface area contributed by atoms with E-state index in [0.29, 0.717) is 140 Å². The molecule has 136 heavy (non-hydrogen) atoms. The van der Waals surface area contributed by atoms with Gasteiger partial charge < -0.3 is 63.6 Å². The van der Waals surface area contributed by atoms with Crippen LogP contribution >= 0.6 is 46.4 Å². The van der Waals surface area contributed by atoms with Crippen LogP contribution in [0.15, 0.2) is 159 Å². The van der Waals surface area contributed by atoms with Crippen LogP contribution in [0.5, 0.6) is 23.0 Å². The van der Waals surface area contributed by atoms with Crippen molar-refractivity contribution in [1.29, 1.82) is 0 Å². The minimum absolute atomic E-state index is 0.0225. The summed E-state index contributed by atoms with van der Waals surface area (Å²) in [6, 6.07) is 33.4. The van der Waals surface area contributed by atoms with Gasteiger partial charge in [-0.3, -0.25) is 37.9 Å². The van der Waals surface area contributed by atoms with Crippen LogP contribution in [0.3, 0.4) is 0 Å². The lowest BCUT2D eigenvalue weighted by Crippen LogP contribution is -2.23. The third-order valence-electron chi connectivity index (χ3n) is 23.9. The number of nitrogens with zero attached hydrogens (tertiary/aromatic N) is 18. The van der Waals surface area contributed by atoms with Crippen LogP contribution in [0.25, 0.3) is 67.1 Å². The number of Topliss-reactive ketones (excluding diaryl/α,β-unsaturated/α-hetero) is 2. The van der Waals surface area contributed by atoms with Crippen LogP contribution in [0.4, 0.5) is 8.78 Å². The van der Waals surface area contributed by atoms with Crippen LogP contribution in [0, 0.1) is 39.3 Å². The number of ketones is 2. The number of pyridine rings is 4. The van der Waals surface area contributed by atoms with Gasteiger partial charge in [0.05, 0.1) is 36.5 Å². The molecule has 16 aromatic rings. The molecule has 0 saturated heterocycles. The van der Waals surface area contributed by atoms with Crippen molar-refractivity contribution in [2.75, 3.05) is 74.3 Å². The predicted molar refractivity (Wildman–Crippen MR) is 529 cm³/mol. The van der Waals surface area contributed by atoms with Gasteiger partial charge in [-0.2, -0.15) is 20.4 Å². The van der Waals surface area contributed by atoms with Gasteiger partial charge in [-0.25, -0.2) is 28.7 Å². The van der Waals surface area contributed by atoms with Crippen LogP contribution in [0.1, 0.15) is 150 Å². The van der Waals surface area contributed by atoms with Crippen molar-refractivity contribution in [2.45, 2.75) is 119 Å². The Morgan fingerprint density at radius 1 is 0.368 bits per heavy atom. The molecule has 12 aromatic heterocycles. The first-order chi connectivity index (χ1) is 65.3. The molecular formula is C101H113Cl4F2N21O8. The zero-order chi connectivity index (χ0) is 97.6. The van der Waals surface area contributed by atoms with E-state index in [1.165, 1.54) is 22.7 Å². The topological polar surface area (TPSA) is 330 Å². The zero-order valence-electron chi connectivity index (χ0n) is 79.1. The van der Waals surface area contributed by atoms with Gasteiger partial charge in [0.2, 0.25) is 0 Å². The van der Waals surface area contributed by atoms with E-state index in [0.717, 1.165) is 137 Å². The molecule has 0 aliphatic heterocycles. The minimum atomic E-state index is -0.635. The predicted octanol–water partition coefficient (Wildman–Crippen LogP) is 17.6. The second-order valence-electron chi connectivity index (χ2n) is 33.2. The lowest BCUT2D eigenvalue weighted by molar-refractivity contribution is 0.0812. The molecule has 0 bridgehead atoms. The fourth-order valence-corrected chi connectivity index (χ4v) is 16.7. The van der Waals surface area contributed by atoms with Crippen molar-refractivity contribution in [3.63, 3.8) is 0 Å². The van der Waals surface area contributed by atoms with E-state index in [9.17, 15) is 19.2 Å². The molecule has 6 N–H and O–H groups in total. The Bertz CT molecular complexity index is 7060. The number of amides is 2. The number of hydrogen-bond acceptors (Lipinski definition) is 19. The summed E-state index contributed by atoms with van der Waals surface area (Å²) in [5.74, 6) is -0.0486. The van der Waals surface area contributed by atoms with Crippen LogP contribution in [-0.2, 0) is 79.6 Å². The molecule has 16 rings (SSSR count). The smallest absolute Gasteiger partial charge is 0.274 e. The fourth-order valence-electron chi connectivity index (χ4n) is 16.1. The Morgan fingerprint density at radius 3 is 0.941 bits per heavy atom. The molecular weight excluding hydrogens is 1820 g/mol. The first kappa shape index (κ1) is 100. The molecule has 712 valence electrons. The molecule has 29 nitrogen and oxygen atoms in total. The normalized spacial score (nSPS) is 11.3. The molecule has 0 unspecified atom stereocenters. The number of carbonyl (C=O) groups excluding carboxylic acids is 4. The second-order valence-corrected chi connectivity index (χ2v) is 34.9. The van der Waals surface area contributed by atoms with Gasteiger partial charge in [-0.1, -0.05) is 73.6 Å². The summed E-state index contributed by atoms with van der Waals surface area (Å²) in [6.45, 7) is 16.2. The number of halogens is 6. The van der Waals surface area contributed by atoms with Crippen LogP contribution in [-0.4, -0.2) is 184 Å². The average Bonchev–Trinajstić information content (AvgIpc) is 1.29. The molecule has 35 heteroatoms. The highest BCUT2D eigenvalue weighted by atomic mass is 35.5. The number of carbonyl (C=O) groups is 4. The monoisotopic (exact) mass is 1930 g/mol. The number of rotatable bonds is 34. The van der Waals surface area contributed by atoms with Gasteiger partial charge >= 0.3 is 0 Å². The Balaban J connectivity index is 0.000000153. The Kier molecular flexibility index (Phi) is 33.2. The summed E-state index contributed by atoms with van der Waals surface area (Å²) in [7, 11) is 14.1. The highest BCUT2D eigenvalue weighted by Crippen LogP contribution is 2.41. The number of hydrogen-bond donors (Lipinski definition) is 3. The number of fused-ring (bicyclic) bond motifs is 4. The summed E-state index contributed by atoms with van der Waals surface area (Å²) in [5.41, 5.74) is 40.1. The number of ether oxygens (including phenoxy) is 4. The molecule has 4 aromatic carbocycles. The largest absolute Gasteiger partial charge is 0.493 e. The van der Waals surface area contributed by atoms with Gasteiger partial charge in [0.25, 0.3) is 11.8 Å². The maximum absolute atomic E-state index is 15.2. The van der Waals surface area contributed by atoms with Crippen molar-refractivity contribution in [1.82, 2.24) is 86.5 Å². The van der Waals surface area contributed by atoms with Crippen LogP contribution in [0.2, 0.25) is 20.1 Å². The van der Waals surface area contributed by atoms with Gasteiger partial charge in [-0.15, -0.1) is 0 Å². The number of aryl methyl sites for hydroxylation is 5. The van der Waals surface area contributed by atoms with E-state index < -0.39 is 11.6 Å². The Morgan fingerprint density at radius 2 is 0.647 bits per heavy atom. The average molecular weight is 1930 g/mol. The van der Waals surface area contributed by atoms with E-state index in [4.69, 9.17) is 82.6 Å². The van der Waals surface area contributed by atoms with E-state index in [2.05, 4.69) is 62.3 Å². The minimum Gasteiger partial charge on any atom is -0.493 e. The van der Waals surface area contributed by atoms with Crippen molar-refractivity contribution < 1.29 is 46.9 Å². The molecule has 0 fully saturated rings.